The van der Waals surface area contributed by atoms with Gasteiger partial charge in [-0.3, -0.25) is 0 Å². The fourth-order valence-electron chi connectivity index (χ4n) is 5.65. The second-order valence-electron chi connectivity index (χ2n) is 13.1. The molecule has 4 nitrogen and oxygen atoms in total. The summed E-state index contributed by atoms with van der Waals surface area (Å²) >= 11 is 0. The number of hydrogen-bond donors (Lipinski definition) is 1. The largest absolute Gasteiger partial charge is 0.383 e. The van der Waals surface area contributed by atoms with Gasteiger partial charge in [0.1, 0.15) is 5.84 Å². The normalized spacial score (nSPS) is 14.7. The first kappa shape index (κ1) is 43.1. The van der Waals surface area contributed by atoms with Crippen LogP contribution in [0.4, 0.5) is 11.4 Å². The van der Waals surface area contributed by atoms with Crippen molar-refractivity contribution in [1.29, 1.82) is 0 Å². The molecule has 276 valence electrons. The minimum absolute atomic E-state index is 0.101. The van der Waals surface area contributed by atoms with E-state index in [0.717, 1.165) is 47.5 Å². The fraction of sp³-hybridized carbons (Fsp3) is 0.312. The number of nitrogens with zero attached hydrogens (tertiary/aromatic N) is 2. The van der Waals surface area contributed by atoms with Crippen LogP contribution in [0, 0.1) is 18.3 Å². The molecule has 2 atom stereocenters. The van der Waals surface area contributed by atoms with Gasteiger partial charge in [-0.15, -0.1) is 0 Å². The zero-order valence-corrected chi connectivity index (χ0v) is 33.2. The van der Waals surface area contributed by atoms with Crippen molar-refractivity contribution in [3.8, 4) is 5.75 Å². The summed E-state index contributed by atoms with van der Waals surface area (Å²) in [6.45, 7) is 22.9. The highest BCUT2D eigenvalue weighted by atomic mass is 16.7. The van der Waals surface area contributed by atoms with Crippen LogP contribution in [0.25, 0.3) is 5.57 Å². The Morgan fingerprint density at radius 2 is 1.46 bits per heavy atom. The number of aryl methyl sites for hydroxylation is 1. The van der Waals surface area contributed by atoms with Gasteiger partial charge in [-0.1, -0.05) is 162 Å². The number of aliphatic imine (C=N–C) groups is 1. The molecule has 0 radical (unpaired) electrons. The first-order valence-electron chi connectivity index (χ1n) is 18.8. The predicted molar refractivity (Wildman–Crippen MR) is 229 cm³/mol. The van der Waals surface area contributed by atoms with Crippen molar-refractivity contribution in [2.24, 2.45) is 22.1 Å². The SMILES string of the molecule is C=C(C)c1ccccc1.CC.CCC=CC(C)(CC)C1CC=CC=C1C(N)=Nc1ccccc1.Cc1ccccc1N(Oc1ccccc1)C(C)C. The lowest BCUT2D eigenvalue weighted by Gasteiger charge is -2.37. The molecule has 0 amide bonds. The summed E-state index contributed by atoms with van der Waals surface area (Å²) in [4.78, 5) is 10.6. The van der Waals surface area contributed by atoms with Crippen LogP contribution >= 0.6 is 0 Å². The first-order valence-corrected chi connectivity index (χ1v) is 18.8. The van der Waals surface area contributed by atoms with Crippen LogP contribution in [0.15, 0.2) is 163 Å². The van der Waals surface area contributed by atoms with Gasteiger partial charge < -0.3 is 10.6 Å². The lowest BCUT2D eigenvalue weighted by molar-refractivity contribution is 0.253. The van der Waals surface area contributed by atoms with E-state index in [1.807, 2.05) is 117 Å². The Balaban J connectivity index is 0.000000285. The fourth-order valence-corrected chi connectivity index (χ4v) is 5.65. The molecule has 0 saturated carbocycles. The Morgan fingerprint density at radius 1 is 0.904 bits per heavy atom. The van der Waals surface area contributed by atoms with Gasteiger partial charge in [-0.05, 0) is 105 Å². The molecule has 2 unspecified atom stereocenters. The molecule has 0 bridgehead atoms. The molecule has 0 aliphatic heterocycles. The highest BCUT2D eigenvalue weighted by molar-refractivity contribution is 5.99. The molecule has 52 heavy (non-hydrogen) atoms. The van der Waals surface area contributed by atoms with E-state index >= 15 is 0 Å². The predicted octanol–water partition coefficient (Wildman–Crippen LogP) is 13.5. The molecule has 1 aliphatic rings. The molecule has 0 spiro atoms. The van der Waals surface area contributed by atoms with Gasteiger partial charge in [-0.25, -0.2) is 10.1 Å². The molecule has 4 heteroatoms. The van der Waals surface area contributed by atoms with Crippen LogP contribution in [0.5, 0.6) is 5.75 Å². The van der Waals surface area contributed by atoms with E-state index < -0.39 is 0 Å². The maximum Gasteiger partial charge on any atom is 0.155 e. The highest BCUT2D eigenvalue weighted by Crippen LogP contribution is 2.42. The monoisotopic (exact) mass is 697 g/mol. The van der Waals surface area contributed by atoms with Crippen LogP contribution in [0.1, 0.15) is 85.8 Å². The smallest absolute Gasteiger partial charge is 0.155 e. The Kier molecular flexibility index (Phi) is 19.4. The Bertz CT molecular complexity index is 1700. The number of nitrogens with two attached hydrogens (primary N) is 1. The van der Waals surface area contributed by atoms with E-state index in [1.54, 1.807) is 0 Å². The van der Waals surface area contributed by atoms with Crippen LogP contribution in [-0.4, -0.2) is 11.9 Å². The number of benzene rings is 4. The Hall–Kier alpha value is -5.09. The number of anilines is 1. The summed E-state index contributed by atoms with van der Waals surface area (Å²) in [5.74, 6) is 1.86. The topological polar surface area (TPSA) is 50.8 Å². The van der Waals surface area contributed by atoms with Gasteiger partial charge in [0, 0.05) is 0 Å². The van der Waals surface area contributed by atoms with E-state index in [9.17, 15) is 0 Å². The third kappa shape index (κ3) is 13.9. The van der Waals surface area contributed by atoms with Crippen LogP contribution < -0.4 is 15.6 Å². The molecule has 0 saturated heterocycles. The third-order valence-electron chi connectivity index (χ3n) is 8.79. The minimum Gasteiger partial charge on any atom is -0.383 e. The lowest BCUT2D eigenvalue weighted by atomic mass is 9.68. The molecule has 5 rings (SSSR count). The Labute approximate surface area is 316 Å². The van der Waals surface area contributed by atoms with Crippen molar-refractivity contribution in [3.05, 3.63) is 169 Å². The van der Waals surface area contributed by atoms with Crippen molar-refractivity contribution in [2.45, 2.75) is 87.6 Å². The van der Waals surface area contributed by atoms with E-state index in [4.69, 9.17) is 10.6 Å². The lowest BCUT2D eigenvalue weighted by Crippen LogP contribution is -2.34. The number of amidine groups is 1. The summed E-state index contributed by atoms with van der Waals surface area (Å²) in [7, 11) is 0. The third-order valence-corrected chi connectivity index (χ3v) is 8.79. The average Bonchev–Trinajstić information content (AvgIpc) is 3.18. The summed E-state index contributed by atoms with van der Waals surface area (Å²) in [5.41, 5.74) is 13.2. The summed E-state index contributed by atoms with van der Waals surface area (Å²) in [6, 6.07) is 38.5. The van der Waals surface area contributed by atoms with Crippen LogP contribution in [-0.2, 0) is 0 Å². The highest BCUT2D eigenvalue weighted by Gasteiger charge is 2.34. The van der Waals surface area contributed by atoms with Gasteiger partial charge in [0.2, 0.25) is 0 Å². The second-order valence-corrected chi connectivity index (χ2v) is 13.1. The number of para-hydroxylation sites is 3. The summed E-state index contributed by atoms with van der Waals surface area (Å²) < 4.78 is 0. The molecule has 4 aromatic rings. The average molecular weight is 698 g/mol. The molecule has 0 aromatic heterocycles. The molecular formula is C48H63N3O. The van der Waals surface area contributed by atoms with Crippen molar-refractivity contribution >= 4 is 22.8 Å². The van der Waals surface area contributed by atoms with Crippen LogP contribution in [0.2, 0.25) is 0 Å². The molecular weight excluding hydrogens is 635 g/mol. The standard InChI is InChI=1S/C21H28N2.C16H19NO.C9H10.C2H6/c1-4-6-16-21(3,5-2)19-15-11-10-14-18(19)20(22)23-17-12-8-7-9-13-17;1-13(2)17(16-12-8-7-9-14(16)3)18-15-10-5-4-6-11-15;1-8(2)9-6-4-3-5-7-9;1-2/h6-14,16,19H,4-5,15H2,1-3H3,(H2,22,23);4-13H,1-3H3;3-7H,1H2,2H3;1-2H3. The van der Waals surface area contributed by atoms with E-state index in [-0.39, 0.29) is 11.5 Å². The Morgan fingerprint density at radius 3 is 1.98 bits per heavy atom. The maximum absolute atomic E-state index is 6.37. The van der Waals surface area contributed by atoms with E-state index in [0.29, 0.717) is 11.8 Å². The molecule has 2 N–H and O–H groups in total. The van der Waals surface area contributed by atoms with Gasteiger partial charge in [0.15, 0.2) is 5.75 Å². The van der Waals surface area contributed by atoms with Gasteiger partial charge >= 0.3 is 0 Å². The minimum atomic E-state index is 0.101. The second kappa shape index (κ2) is 23.4. The van der Waals surface area contributed by atoms with Crippen molar-refractivity contribution < 1.29 is 4.84 Å². The van der Waals surface area contributed by atoms with E-state index in [2.05, 4.69) is 108 Å². The molecule has 1 aliphatic carbocycles. The number of rotatable bonds is 11. The maximum atomic E-state index is 6.37. The van der Waals surface area contributed by atoms with Gasteiger partial charge in [-0.2, -0.15) is 0 Å². The van der Waals surface area contributed by atoms with Crippen LogP contribution in [0.3, 0.4) is 0 Å². The van der Waals surface area contributed by atoms with Crippen molar-refractivity contribution in [1.82, 2.24) is 0 Å². The summed E-state index contributed by atoms with van der Waals surface area (Å²) in [6.07, 6.45) is 14.2. The number of hydroxylamine groups is 1. The number of hydrogen-bond acceptors (Lipinski definition) is 3. The quantitative estimate of drug-likeness (QED) is 0.0734. The first-order chi connectivity index (χ1) is 25.1. The zero-order chi connectivity index (χ0) is 38.4. The van der Waals surface area contributed by atoms with Gasteiger partial charge in [0.05, 0.1) is 17.4 Å². The molecule has 0 fully saturated rings. The zero-order valence-electron chi connectivity index (χ0n) is 33.2. The molecule has 4 aromatic carbocycles. The number of allylic oxidation sites excluding steroid dienone is 6. The van der Waals surface area contributed by atoms with E-state index in [1.165, 1.54) is 11.1 Å². The van der Waals surface area contributed by atoms with Crippen molar-refractivity contribution in [3.63, 3.8) is 0 Å². The van der Waals surface area contributed by atoms with Gasteiger partial charge in [0.25, 0.3) is 0 Å². The van der Waals surface area contributed by atoms with Crippen molar-refractivity contribution in [2.75, 3.05) is 5.06 Å². The summed E-state index contributed by atoms with van der Waals surface area (Å²) in [5, 5.41) is 1.95. The molecule has 0 heterocycles.